The number of piperidine rings is 1. The molecule has 0 bridgehead atoms. The highest BCUT2D eigenvalue weighted by Gasteiger charge is 2.27. The van der Waals surface area contributed by atoms with Gasteiger partial charge in [-0.15, -0.1) is 0 Å². The zero-order chi connectivity index (χ0) is 14.3. The molecular formula is C13H25N3O3. The summed E-state index contributed by atoms with van der Waals surface area (Å²) in [5, 5.41) is 3.25. The van der Waals surface area contributed by atoms with Gasteiger partial charge < -0.3 is 20.7 Å². The highest BCUT2D eigenvalue weighted by molar-refractivity contribution is 5.84. The van der Waals surface area contributed by atoms with Crippen molar-refractivity contribution in [1.29, 1.82) is 0 Å². The molecule has 1 heterocycles. The molecule has 1 aliphatic heterocycles. The number of nitrogens with zero attached hydrogens (tertiary/aromatic N) is 1. The van der Waals surface area contributed by atoms with E-state index in [0.717, 1.165) is 25.9 Å². The molecule has 0 aromatic heterocycles. The lowest BCUT2D eigenvalue weighted by atomic mass is 10.0. The molecule has 6 nitrogen and oxygen atoms in total. The topological polar surface area (TPSA) is 84.7 Å². The average molecular weight is 271 g/mol. The van der Waals surface area contributed by atoms with Gasteiger partial charge in [-0.05, 0) is 25.3 Å². The summed E-state index contributed by atoms with van der Waals surface area (Å²) in [4.78, 5) is 25.1. The van der Waals surface area contributed by atoms with Crippen molar-refractivity contribution in [3.8, 4) is 0 Å². The number of methoxy groups -OCH3 is 1. The maximum Gasteiger partial charge on any atom is 0.237 e. The van der Waals surface area contributed by atoms with E-state index in [9.17, 15) is 9.59 Å². The van der Waals surface area contributed by atoms with Crippen molar-refractivity contribution in [2.24, 2.45) is 11.7 Å². The van der Waals surface area contributed by atoms with E-state index in [1.165, 1.54) is 0 Å². The smallest absolute Gasteiger partial charge is 0.237 e. The summed E-state index contributed by atoms with van der Waals surface area (Å²) >= 11 is 0. The molecule has 0 saturated carbocycles. The van der Waals surface area contributed by atoms with Gasteiger partial charge in [0.05, 0.1) is 6.54 Å². The molecule has 0 radical (unpaired) electrons. The highest BCUT2D eigenvalue weighted by atomic mass is 16.5. The number of rotatable bonds is 7. The minimum Gasteiger partial charge on any atom is -0.384 e. The van der Waals surface area contributed by atoms with Gasteiger partial charge in [-0.25, -0.2) is 0 Å². The third-order valence-electron chi connectivity index (χ3n) is 3.33. The van der Waals surface area contributed by atoms with Crippen LogP contribution in [0.15, 0.2) is 0 Å². The second kappa shape index (κ2) is 8.12. The first-order valence-corrected chi connectivity index (χ1v) is 6.82. The van der Waals surface area contributed by atoms with E-state index in [4.69, 9.17) is 10.5 Å². The first-order chi connectivity index (χ1) is 9.04. The Morgan fingerprint density at radius 1 is 1.53 bits per heavy atom. The highest BCUT2D eigenvalue weighted by Crippen LogP contribution is 2.14. The predicted octanol–water partition coefficient (Wildman–Crippen LogP) is -0.275. The molecule has 3 N–H and O–H groups in total. The molecule has 19 heavy (non-hydrogen) atoms. The van der Waals surface area contributed by atoms with Gasteiger partial charge in [0.15, 0.2) is 0 Å². The predicted molar refractivity (Wildman–Crippen MR) is 72.5 cm³/mol. The monoisotopic (exact) mass is 271 g/mol. The summed E-state index contributed by atoms with van der Waals surface area (Å²) in [6, 6.07) is 0.0727. The lowest BCUT2D eigenvalue weighted by molar-refractivity contribution is -0.139. The fourth-order valence-corrected chi connectivity index (χ4v) is 2.45. The molecular weight excluding hydrogens is 246 g/mol. The molecule has 1 rings (SSSR count). The average Bonchev–Trinajstić information content (AvgIpc) is 2.37. The molecule has 0 spiro atoms. The summed E-state index contributed by atoms with van der Waals surface area (Å²) < 4.78 is 5.04. The van der Waals surface area contributed by atoms with Gasteiger partial charge in [0, 0.05) is 32.7 Å². The van der Waals surface area contributed by atoms with E-state index in [2.05, 4.69) is 5.32 Å². The van der Waals surface area contributed by atoms with Crippen LogP contribution in [0.3, 0.4) is 0 Å². The lowest BCUT2D eigenvalue weighted by Crippen LogP contribution is -2.51. The van der Waals surface area contributed by atoms with Crippen LogP contribution in [0.4, 0.5) is 0 Å². The van der Waals surface area contributed by atoms with Gasteiger partial charge in [0.25, 0.3) is 0 Å². The maximum absolute atomic E-state index is 12.3. The van der Waals surface area contributed by atoms with Crippen LogP contribution in [0.1, 0.15) is 26.2 Å². The van der Waals surface area contributed by atoms with Crippen LogP contribution < -0.4 is 11.1 Å². The summed E-state index contributed by atoms with van der Waals surface area (Å²) in [5.74, 6) is -0.334. The van der Waals surface area contributed by atoms with E-state index in [1.807, 2.05) is 6.92 Å². The van der Waals surface area contributed by atoms with E-state index in [0.29, 0.717) is 13.0 Å². The van der Waals surface area contributed by atoms with Crippen LogP contribution in [-0.2, 0) is 14.3 Å². The third kappa shape index (κ3) is 5.57. The van der Waals surface area contributed by atoms with Crippen molar-refractivity contribution in [2.75, 3.05) is 33.4 Å². The first kappa shape index (κ1) is 15.9. The van der Waals surface area contributed by atoms with Crippen molar-refractivity contribution < 1.29 is 14.3 Å². The van der Waals surface area contributed by atoms with E-state index in [1.54, 1.807) is 12.0 Å². The van der Waals surface area contributed by atoms with E-state index >= 15 is 0 Å². The third-order valence-corrected chi connectivity index (χ3v) is 3.33. The van der Waals surface area contributed by atoms with Crippen molar-refractivity contribution in [1.82, 2.24) is 10.2 Å². The molecule has 110 valence electrons. The zero-order valence-corrected chi connectivity index (χ0v) is 11.9. The molecule has 0 aromatic rings. The molecule has 0 aromatic carbocycles. The number of carbonyl (C=O) groups is 2. The molecule has 1 fully saturated rings. The van der Waals surface area contributed by atoms with Gasteiger partial charge in [0.2, 0.25) is 11.8 Å². The number of hydrogen-bond donors (Lipinski definition) is 2. The Bertz CT molecular complexity index is 304. The fraction of sp³-hybridized carbons (Fsp3) is 0.846. The second-order valence-electron chi connectivity index (χ2n) is 5.25. The molecule has 0 aliphatic carbocycles. The minimum atomic E-state index is -0.460. The van der Waals surface area contributed by atoms with Gasteiger partial charge in [-0.1, -0.05) is 6.92 Å². The van der Waals surface area contributed by atoms with Crippen LogP contribution in [0.5, 0.6) is 0 Å². The fourth-order valence-electron chi connectivity index (χ4n) is 2.45. The molecule has 1 saturated heterocycles. The number of nitrogens with two attached hydrogens (primary N) is 1. The number of carbonyl (C=O) groups excluding carboxylic acids is 2. The Balaban J connectivity index is 2.61. The van der Waals surface area contributed by atoms with Gasteiger partial charge in [-0.2, -0.15) is 0 Å². The summed E-state index contributed by atoms with van der Waals surface area (Å²) in [6.45, 7) is 4.21. The van der Waals surface area contributed by atoms with E-state index in [-0.39, 0.29) is 24.4 Å². The quantitative estimate of drug-likeness (QED) is 0.667. The number of hydrogen-bond acceptors (Lipinski definition) is 4. The molecule has 2 amide bonds. The standard InChI is InChI=1S/C13H25N3O3/c1-10(9-19-2)6-13(18)16(8-12(14)17)11-4-3-5-15-7-11/h10-11,15H,3-9H2,1-2H3,(H2,14,17). The number of ether oxygens (including phenoxy) is 1. The van der Waals surface area contributed by atoms with Gasteiger partial charge >= 0.3 is 0 Å². The number of primary amides is 1. The van der Waals surface area contributed by atoms with Crippen molar-refractivity contribution in [2.45, 2.75) is 32.2 Å². The normalized spacial score (nSPS) is 20.8. The Morgan fingerprint density at radius 3 is 2.79 bits per heavy atom. The summed E-state index contributed by atoms with van der Waals surface area (Å²) in [5.41, 5.74) is 5.25. The lowest BCUT2D eigenvalue weighted by Gasteiger charge is -2.34. The SMILES string of the molecule is COCC(C)CC(=O)N(CC(N)=O)C1CCCNC1. The number of nitrogens with one attached hydrogen (secondary N) is 1. The number of amides is 2. The summed E-state index contributed by atoms with van der Waals surface area (Å²) in [6.07, 6.45) is 2.32. The van der Waals surface area contributed by atoms with Crippen molar-refractivity contribution in [3.63, 3.8) is 0 Å². The molecule has 6 heteroatoms. The van der Waals surface area contributed by atoms with Crippen LogP contribution in [0, 0.1) is 5.92 Å². The Morgan fingerprint density at radius 2 is 2.26 bits per heavy atom. The Hall–Kier alpha value is -1.14. The first-order valence-electron chi connectivity index (χ1n) is 6.82. The van der Waals surface area contributed by atoms with Crippen LogP contribution in [-0.4, -0.2) is 56.1 Å². The molecule has 2 unspecified atom stereocenters. The zero-order valence-electron chi connectivity index (χ0n) is 11.9. The van der Waals surface area contributed by atoms with Crippen molar-refractivity contribution >= 4 is 11.8 Å². The largest absolute Gasteiger partial charge is 0.384 e. The maximum atomic E-state index is 12.3. The Kier molecular flexibility index (Phi) is 6.80. The van der Waals surface area contributed by atoms with Gasteiger partial charge in [0.1, 0.15) is 0 Å². The van der Waals surface area contributed by atoms with Crippen LogP contribution >= 0.6 is 0 Å². The molecule has 2 atom stereocenters. The molecule has 1 aliphatic rings. The van der Waals surface area contributed by atoms with Crippen LogP contribution in [0.2, 0.25) is 0 Å². The Labute approximate surface area is 114 Å². The van der Waals surface area contributed by atoms with Crippen LogP contribution in [0.25, 0.3) is 0 Å². The minimum absolute atomic E-state index is 0.00484. The van der Waals surface area contributed by atoms with E-state index < -0.39 is 5.91 Å². The van der Waals surface area contributed by atoms with Crippen molar-refractivity contribution in [3.05, 3.63) is 0 Å². The summed E-state index contributed by atoms with van der Waals surface area (Å²) in [7, 11) is 1.62. The second-order valence-corrected chi connectivity index (χ2v) is 5.25. The van der Waals surface area contributed by atoms with Gasteiger partial charge in [-0.3, -0.25) is 9.59 Å².